The molecule has 2 aromatic heterocycles. The van der Waals surface area contributed by atoms with Crippen molar-refractivity contribution >= 4 is 88.5 Å². The number of hydrogen-bond donors (Lipinski definition) is 0. The van der Waals surface area contributed by atoms with Crippen LogP contribution in [-0.2, 0) is 0 Å². The predicted octanol–water partition coefficient (Wildman–Crippen LogP) is 15.7. The first-order valence-electron chi connectivity index (χ1n) is 22.0. The highest BCUT2D eigenvalue weighted by Crippen LogP contribution is 2.47. The van der Waals surface area contributed by atoms with Crippen LogP contribution < -0.4 is 9.80 Å². The zero-order valence-electron chi connectivity index (χ0n) is 35.6. The van der Waals surface area contributed by atoms with E-state index in [2.05, 4.69) is 213 Å². The number of benzene rings is 10. The maximum absolute atomic E-state index is 9.75. The molecule has 0 aliphatic rings. The van der Waals surface area contributed by atoms with Gasteiger partial charge < -0.3 is 18.9 Å². The summed E-state index contributed by atoms with van der Waals surface area (Å²) < 4.78 is 4.83. The molecule has 0 aliphatic heterocycles. The maximum Gasteiger partial charge on any atom is 0.0991 e. The molecule has 0 amide bonds. The van der Waals surface area contributed by atoms with Gasteiger partial charge in [0.1, 0.15) is 0 Å². The standard InChI is InChI=1S/C60H38N6/c61-39-41-25-29-47(30-26-41)63(55-23-11-15-43-13-7-9-21-51(43)55)49-33-35-53-57(37-49)65(45-17-3-1-4-18-45)59-54-36-34-50(38-58(54)66(60(53)59)46-19-5-2-6-20-46)64(48-31-27-42(40-62)28-32-48)56-24-12-16-44-14-8-10-22-52(44)56/h1-38H. The number of rotatable bonds is 8. The lowest BCUT2D eigenvalue weighted by atomic mass is 10.1. The van der Waals surface area contributed by atoms with E-state index in [1.54, 1.807) is 0 Å². The summed E-state index contributed by atoms with van der Waals surface area (Å²) >= 11 is 0. The van der Waals surface area contributed by atoms with Gasteiger partial charge in [-0.3, -0.25) is 0 Å². The number of para-hydroxylation sites is 2. The van der Waals surface area contributed by atoms with E-state index >= 15 is 0 Å². The molecule has 0 aliphatic carbocycles. The minimum Gasteiger partial charge on any atom is -0.310 e. The van der Waals surface area contributed by atoms with Gasteiger partial charge in [0.2, 0.25) is 0 Å². The normalized spacial score (nSPS) is 11.3. The van der Waals surface area contributed by atoms with Gasteiger partial charge in [-0.25, -0.2) is 0 Å². The van der Waals surface area contributed by atoms with Crippen molar-refractivity contribution in [3.05, 3.63) is 242 Å². The second-order valence-corrected chi connectivity index (χ2v) is 16.4. The fourth-order valence-corrected chi connectivity index (χ4v) is 9.76. The Kier molecular flexibility index (Phi) is 9.16. The third-order valence-electron chi connectivity index (χ3n) is 12.7. The Morgan fingerprint density at radius 1 is 0.318 bits per heavy atom. The van der Waals surface area contributed by atoms with Crippen molar-refractivity contribution < 1.29 is 0 Å². The Morgan fingerprint density at radius 3 is 1.09 bits per heavy atom. The number of aromatic nitrogens is 2. The molecule has 0 atom stereocenters. The Bertz CT molecular complexity index is 3620. The molecule has 10 aromatic carbocycles. The third kappa shape index (κ3) is 6.25. The van der Waals surface area contributed by atoms with Crippen LogP contribution in [0.3, 0.4) is 0 Å². The van der Waals surface area contributed by atoms with E-state index in [0.29, 0.717) is 11.1 Å². The highest BCUT2D eigenvalue weighted by molar-refractivity contribution is 6.21. The van der Waals surface area contributed by atoms with E-state index in [1.165, 1.54) is 0 Å². The van der Waals surface area contributed by atoms with E-state index in [1.807, 2.05) is 48.5 Å². The van der Waals surface area contributed by atoms with Crippen molar-refractivity contribution in [2.75, 3.05) is 9.80 Å². The number of hydrogen-bond acceptors (Lipinski definition) is 4. The predicted molar refractivity (Wildman–Crippen MR) is 271 cm³/mol. The SMILES string of the molecule is N#Cc1ccc(N(c2ccc3c(c2)n(-c2ccccc2)c2c4ccc(N(c5ccc(C#N)cc5)c5cccc6ccccc56)cc4n(-c4ccccc4)c32)c2cccc3ccccc23)cc1. The van der Waals surface area contributed by atoms with Crippen LogP contribution in [0, 0.1) is 22.7 Å². The number of nitriles is 2. The van der Waals surface area contributed by atoms with Crippen LogP contribution in [0.5, 0.6) is 0 Å². The van der Waals surface area contributed by atoms with Gasteiger partial charge in [-0.1, -0.05) is 109 Å². The summed E-state index contributed by atoms with van der Waals surface area (Å²) in [4.78, 5) is 4.60. The van der Waals surface area contributed by atoms with Crippen molar-refractivity contribution in [3.8, 4) is 23.5 Å². The van der Waals surface area contributed by atoms with Crippen molar-refractivity contribution in [1.29, 1.82) is 10.5 Å². The number of nitrogens with zero attached hydrogens (tertiary/aromatic N) is 6. The van der Waals surface area contributed by atoms with Crippen molar-refractivity contribution in [1.82, 2.24) is 9.13 Å². The first kappa shape index (κ1) is 38.3. The summed E-state index contributed by atoms with van der Waals surface area (Å²) in [6.07, 6.45) is 0. The molecular weight excluding hydrogens is 805 g/mol. The zero-order valence-corrected chi connectivity index (χ0v) is 35.6. The van der Waals surface area contributed by atoms with Crippen LogP contribution in [0.1, 0.15) is 11.1 Å². The molecule has 6 nitrogen and oxygen atoms in total. The maximum atomic E-state index is 9.75. The largest absolute Gasteiger partial charge is 0.310 e. The smallest absolute Gasteiger partial charge is 0.0991 e. The van der Waals surface area contributed by atoms with Crippen LogP contribution in [0.2, 0.25) is 0 Å². The minimum absolute atomic E-state index is 0.612. The summed E-state index contributed by atoms with van der Waals surface area (Å²) in [6, 6.07) is 85.0. The van der Waals surface area contributed by atoms with E-state index in [0.717, 1.165) is 99.9 Å². The molecule has 308 valence electrons. The fourth-order valence-electron chi connectivity index (χ4n) is 9.76. The lowest BCUT2D eigenvalue weighted by Gasteiger charge is -2.27. The molecule has 6 heteroatoms. The molecule has 12 rings (SSSR count). The number of fused-ring (bicyclic) bond motifs is 7. The van der Waals surface area contributed by atoms with Crippen LogP contribution in [0.25, 0.3) is 65.8 Å². The molecule has 2 heterocycles. The molecule has 66 heavy (non-hydrogen) atoms. The lowest BCUT2D eigenvalue weighted by molar-refractivity contribution is 1.17. The Hall–Kier alpha value is -9.36. The van der Waals surface area contributed by atoms with Crippen molar-refractivity contribution in [3.63, 3.8) is 0 Å². The second-order valence-electron chi connectivity index (χ2n) is 16.4. The van der Waals surface area contributed by atoms with Gasteiger partial charge in [-0.05, 0) is 132 Å². The molecule has 0 saturated heterocycles. The van der Waals surface area contributed by atoms with Crippen LogP contribution >= 0.6 is 0 Å². The summed E-state index contributed by atoms with van der Waals surface area (Å²) in [5.41, 5.74) is 13.6. The molecule has 0 N–H and O–H groups in total. The van der Waals surface area contributed by atoms with Crippen LogP contribution in [-0.4, -0.2) is 9.13 Å². The molecule has 0 fully saturated rings. The lowest BCUT2D eigenvalue weighted by Crippen LogP contribution is -2.11. The van der Waals surface area contributed by atoms with Gasteiger partial charge in [-0.2, -0.15) is 10.5 Å². The fraction of sp³-hybridized carbons (Fsp3) is 0. The van der Waals surface area contributed by atoms with E-state index in [4.69, 9.17) is 0 Å². The minimum atomic E-state index is 0.612. The first-order chi connectivity index (χ1) is 32.7. The third-order valence-corrected chi connectivity index (χ3v) is 12.7. The molecule has 0 bridgehead atoms. The summed E-state index contributed by atoms with van der Waals surface area (Å²) in [7, 11) is 0. The van der Waals surface area contributed by atoms with Crippen molar-refractivity contribution in [2.24, 2.45) is 0 Å². The Balaban J connectivity index is 1.15. The second kappa shape index (κ2) is 15.8. The van der Waals surface area contributed by atoms with E-state index < -0.39 is 0 Å². The molecule has 0 radical (unpaired) electrons. The Labute approximate surface area is 381 Å². The summed E-state index contributed by atoms with van der Waals surface area (Å²) in [5.74, 6) is 0. The zero-order chi connectivity index (χ0) is 44.1. The number of anilines is 6. The summed E-state index contributed by atoms with van der Waals surface area (Å²) in [5, 5.41) is 26.3. The van der Waals surface area contributed by atoms with Gasteiger partial charge in [0.15, 0.2) is 0 Å². The highest BCUT2D eigenvalue weighted by Gasteiger charge is 2.26. The molecule has 0 spiro atoms. The quantitative estimate of drug-likeness (QED) is 0.153. The van der Waals surface area contributed by atoms with Gasteiger partial charge in [-0.15, -0.1) is 0 Å². The average Bonchev–Trinajstić information content (AvgIpc) is 3.89. The van der Waals surface area contributed by atoms with Gasteiger partial charge in [0, 0.05) is 55.7 Å². The van der Waals surface area contributed by atoms with Crippen LogP contribution in [0.4, 0.5) is 34.1 Å². The first-order valence-corrected chi connectivity index (χ1v) is 22.0. The average molecular weight is 843 g/mol. The highest BCUT2D eigenvalue weighted by atomic mass is 15.2. The van der Waals surface area contributed by atoms with Gasteiger partial charge in [0.05, 0.1) is 56.7 Å². The van der Waals surface area contributed by atoms with Gasteiger partial charge in [0.25, 0.3) is 0 Å². The summed E-state index contributed by atoms with van der Waals surface area (Å²) in [6.45, 7) is 0. The molecule has 0 saturated carbocycles. The van der Waals surface area contributed by atoms with E-state index in [9.17, 15) is 10.5 Å². The van der Waals surface area contributed by atoms with Crippen LogP contribution in [0.15, 0.2) is 231 Å². The topological polar surface area (TPSA) is 63.9 Å². The molecule has 0 unspecified atom stereocenters. The molecular formula is C60H38N6. The van der Waals surface area contributed by atoms with Crippen molar-refractivity contribution in [2.45, 2.75) is 0 Å². The monoisotopic (exact) mass is 842 g/mol. The Morgan fingerprint density at radius 2 is 0.682 bits per heavy atom. The van der Waals surface area contributed by atoms with E-state index in [-0.39, 0.29) is 0 Å². The molecule has 12 aromatic rings. The van der Waals surface area contributed by atoms with Gasteiger partial charge >= 0.3 is 0 Å².